The fourth-order valence-corrected chi connectivity index (χ4v) is 6.25. The molecule has 1 fully saturated rings. The van der Waals surface area contributed by atoms with E-state index < -0.39 is 8.07 Å². The van der Waals surface area contributed by atoms with E-state index in [0.29, 0.717) is 30.3 Å². The minimum atomic E-state index is -1.24. The molecular weight excluding hydrogens is 506 g/mol. The monoisotopic (exact) mass is 543 g/mol. The average Bonchev–Trinajstić information content (AvgIpc) is 3.53. The Bertz CT molecular complexity index is 1590. The van der Waals surface area contributed by atoms with E-state index in [9.17, 15) is 10.1 Å². The van der Waals surface area contributed by atoms with E-state index in [-0.39, 0.29) is 11.9 Å². The molecule has 1 atom stereocenters. The van der Waals surface area contributed by atoms with Crippen molar-refractivity contribution in [1.82, 2.24) is 24.2 Å². The third-order valence-corrected chi connectivity index (χ3v) is 9.40. The minimum absolute atomic E-state index is 0.139. The van der Waals surface area contributed by atoms with Gasteiger partial charge in [-0.2, -0.15) is 10.4 Å². The minimum Gasteiger partial charge on any atom is -0.361 e. The standard InChI is InChI=1S/C29H37N7O2Si/c1-19-21-10-9-20(14-25(21)35(3)33-19)29(37)32-27-15-26-23(17-31-27)22(16-30)28(24-8-7-11-34(24)2)36(26)18-38-12-13-39(4,5)6/h9-10,14-15,17,24H,7-8,11-13,18H2,1-6H3,(H,31,32,37)/t24-/m1/s1. The highest BCUT2D eigenvalue weighted by atomic mass is 28.3. The fraction of sp³-hybridized carbons (Fsp3) is 0.448. The van der Waals surface area contributed by atoms with Crippen molar-refractivity contribution in [3.05, 3.63) is 53.0 Å². The number of pyridine rings is 1. The molecule has 1 aliphatic heterocycles. The summed E-state index contributed by atoms with van der Waals surface area (Å²) in [6.45, 7) is 11.0. The zero-order valence-corrected chi connectivity index (χ0v) is 24.7. The molecule has 5 rings (SSSR count). The highest BCUT2D eigenvalue weighted by Crippen LogP contribution is 2.38. The molecule has 4 heterocycles. The smallest absolute Gasteiger partial charge is 0.256 e. The molecule has 1 aliphatic rings. The second kappa shape index (κ2) is 10.6. The first-order chi connectivity index (χ1) is 18.6. The van der Waals surface area contributed by atoms with Crippen molar-refractivity contribution in [2.75, 3.05) is 25.5 Å². The van der Waals surface area contributed by atoms with E-state index in [1.807, 2.05) is 38.2 Å². The number of rotatable bonds is 8. The first-order valence-corrected chi connectivity index (χ1v) is 17.2. The molecule has 0 spiro atoms. The van der Waals surface area contributed by atoms with Gasteiger partial charge < -0.3 is 14.6 Å². The summed E-state index contributed by atoms with van der Waals surface area (Å²) < 4.78 is 10.1. The van der Waals surface area contributed by atoms with Crippen molar-refractivity contribution in [2.24, 2.45) is 7.05 Å². The van der Waals surface area contributed by atoms with Crippen molar-refractivity contribution in [1.29, 1.82) is 5.26 Å². The molecule has 0 saturated carbocycles. The van der Waals surface area contributed by atoms with Crippen LogP contribution in [0.2, 0.25) is 25.7 Å². The van der Waals surface area contributed by atoms with Gasteiger partial charge in [0.25, 0.3) is 5.91 Å². The number of hydrogen-bond acceptors (Lipinski definition) is 6. The van der Waals surface area contributed by atoms with Gasteiger partial charge in [0, 0.05) is 50.3 Å². The summed E-state index contributed by atoms with van der Waals surface area (Å²) in [5.41, 5.74) is 4.82. The van der Waals surface area contributed by atoms with Crippen molar-refractivity contribution in [3.8, 4) is 6.07 Å². The number of fused-ring (bicyclic) bond motifs is 2. The molecule has 0 aliphatic carbocycles. The van der Waals surface area contributed by atoms with Crippen LogP contribution in [0.25, 0.3) is 21.8 Å². The number of carbonyl (C=O) groups is 1. The van der Waals surface area contributed by atoms with E-state index in [1.54, 1.807) is 10.9 Å². The lowest BCUT2D eigenvalue weighted by Gasteiger charge is -2.23. The summed E-state index contributed by atoms with van der Waals surface area (Å²) in [7, 11) is 2.74. The third-order valence-electron chi connectivity index (χ3n) is 7.69. The highest BCUT2D eigenvalue weighted by Gasteiger charge is 2.31. The summed E-state index contributed by atoms with van der Waals surface area (Å²) in [5, 5.41) is 19.4. The number of aromatic nitrogens is 4. The Kier molecular flexibility index (Phi) is 7.33. The van der Waals surface area contributed by atoms with E-state index in [1.165, 1.54) is 0 Å². The van der Waals surface area contributed by atoms with Gasteiger partial charge in [0.05, 0.1) is 34.0 Å². The highest BCUT2D eigenvalue weighted by molar-refractivity contribution is 6.76. The molecule has 204 valence electrons. The van der Waals surface area contributed by atoms with Crippen LogP contribution in [0, 0.1) is 18.3 Å². The van der Waals surface area contributed by atoms with Gasteiger partial charge in [0.2, 0.25) is 0 Å². The van der Waals surface area contributed by atoms with Crippen LogP contribution < -0.4 is 5.32 Å². The first-order valence-electron chi connectivity index (χ1n) is 13.5. The van der Waals surface area contributed by atoms with Crippen LogP contribution in [-0.4, -0.2) is 58.4 Å². The van der Waals surface area contributed by atoms with E-state index >= 15 is 0 Å². The van der Waals surface area contributed by atoms with Crippen molar-refractivity contribution in [3.63, 3.8) is 0 Å². The van der Waals surface area contributed by atoms with Gasteiger partial charge in [-0.3, -0.25) is 14.4 Å². The van der Waals surface area contributed by atoms with E-state index in [2.05, 4.69) is 57.6 Å². The number of benzene rings is 1. The van der Waals surface area contributed by atoms with Crippen LogP contribution in [0.5, 0.6) is 0 Å². The van der Waals surface area contributed by atoms with Gasteiger partial charge in [-0.25, -0.2) is 4.98 Å². The van der Waals surface area contributed by atoms with Gasteiger partial charge in [-0.1, -0.05) is 25.7 Å². The summed E-state index contributed by atoms with van der Waals surface area (Å²) in [5.74, 6) is 0.189. The molecule has 39 heavy (non-hydrogen) atoms. The zero-order chi connectivity index (χ0) is 27.9. The topological polar surface area (TPSA) is 101 Å². The summed E-state index contributed by atoms with van der Waals surface area (Å²) in [6, 6.07) is 11.1. The molecule has 3 aromatic heterocycles. The van der Waals surface area contributed by atoms with Crippen LogP contribution in [0.3, 0.4) is 0 Å². The van der Waals surface area contributed by atoms with Gasteiger partial charge in [-0.15, -0.1) is 0 Å². The van der Waals surface area contributed by atoms with Crippen molar-refractivity contribution in [2.45, 2.75) is 58.2 Å². The number of nitrogens with one attached hydrogen (secondary N) is 1. The molecule has 1 aromatic carbocycles. The number of carbonyl (C=O) groups excluding carboxylic acids is 1. The SMILES string of the molecule is Cc1nn(C)c2cc(C(=O)Nc3cc4c(cn3)c(C#N)c([C@H]3CCCN3C)n4COCC[Si](C)(C)C)ccc12. The fourth-order valence-electron chi connectivity index (χ4n) is 5.49. The molecule has 1 N–H and O–H groups in total. The summed E-state index contributed by atoms with van der Waals surface area (Å²) in [4.78, 5) is 20.1. The molecule has 0 bridgehead atoms. The van der Waals surface area contributed by atoms with Crippen LogP contribution in [0.15, 0.2) is 30.5 Å². The second-order valence-corrected chi connectivity index (χ2v) is 17.4. The van der Waals surface area contributed by atoms with Crippen molar-refractivity contribution < 1.29 is 9.53 Å². The number of hydrogen-bond donors (Lipinski definition) is 1. The molecular formula is C29H37N7O2Si. The molecule has 4 aromatic rings. The number of nitrogens with zero attached hydrogens (tertiary/aromatic N) is 6. The summed E-state index contributed by atoms with van der Waals surface area (Å²) in [6.07, 6.45) is 3.78. The average molecular weight is 544 g/mol. The number of anilines is 1. The predicted octanol–water partition coefficient (Wildman–Crippen LogP) is 5.43. The van der Waals surface area contributed by atoms with Gasteiger partial charge >= 0.3 is 0 Å². The molecule has 1 amide bonds. The maximum absolute atomic E-state index is 13.2. The first kappa shape index (κ1) is 27.1. The molecule has 9 nitrogen and oxygen atoms in total. The number of ether oxygens (including phenoxy) is 1. The maximum Gasteiger partial charge on any atom is 0.256 e. The van der Waals surface area contributed by atoms with Gasteiger partial charge in [0.15, 0.2) is 0 Å². The Hall–Kier alpha value is -3.52. The van der Waals surface area contributed by atoms with Gasteiger partial charge in [-0.05, 0) is 51.5 Å². The van der Waals surface area contributed by atoms with Gasteiger partial charge in [0.1, 0.15) is 18.6 Å². The predicted molar refractivity (Wildman–Crippen MR) is 157 cm³/mol. The Morgan fingerprint density at radius 3 is 2.69 bits per heavy atom. The van der Waals surface area contributed by atoms with Crippen LogP contribution in [0.1, 0.15) is 46.2 Å². The number of nitriles is 1. The third kappa shape index (κ3) is 5.35. The molecule has 0 radical (unpaired) electrons. The maximum atomic E-state index is 13.2. The molecule has 10 heteroatoms. The lowest BCUT2D eigenvalue weighted by molar-refractivity contribution is 0.0857. The number of likely N-dealkylation sites (tertiary alicyclic amines) is 1. The van der Waals surface area contributed by atoms with E-state index in [4.69, 9.17) is 4.74 Å². The Balaban J connectivity index is 1.50. The molecule has 1 saturated heterocycles. The van der Waals surface area contributed by atoms with E-state index in [0.717, 1.165) is 58.6 Å². The normalized spacial score (nSPS) is 16.3. The Morgan fingerprint density at radius 1 is 1.21 bits per heavy atom. The Labute approximate surface area is 230 Å². The quantitative estimate of drug-likeness (QED) is 0.235. The number of amides is 1. The van der Waals surface area contributed by atoms with Crippen LogP contribution >= 0.6 is 0 Å². The largest absolute Gasteiger partial charge is 0.361 e. The lowest BCUT2D eigenvalue weighted by Crippen LogP contribution is -2.24. The second-order valence-electron chi connectivity index (χ2n) is 11.8. The van der Waals surface area contributed by atoms with Crippen LogP contribution in [0.4, 0.5) is 5.82 Å². The number of aryl methyl sites for hydroxylation is 2. The lowest BCUT2D eigenvalue weighted by atomic mass is 10.1. The molecule has 0 unspecified atom stereocenters. The Morgan fingerprint density at radius 2 is 2.00 bits per heavy atom. The summed E-state index contributed by atoms with van der Waals surface area (Å²) >= 11 is 0. The van der Waals surface area contributed by atoms with Crippen molar-refractivity contribution >= 4 is 41.6 Å². The zero-order valence-electron chi connectivity index (χ0n) is 23.7. The van der Waals surface area contributed by atoms with Crippen LogP contribution in [-0.2, 0) is 18.5 Å².